The molecule has 0 saturated heterocycles. The summed E-state index contributed by atoms with van der Waals surface area (Å²) >= 11 is 0. The predicted octanol–water partition coefficient (Wildman–Crippen LogP) is 1.23. The summed E-state index contributed by atoms with van der Waals surface area (Å²) in [6.45, 7) is 0. The summed E-state index contributed by atoms with van der Waals surface area (Å²) in [5.74, 6) is -0.490. The van der Waals surface area contributed by atoms with E-state index in [0.29, 0.717) is 11.3 Å². The summed E-state index contributed by atoms with van der Waals surface area (Å²) in [5.41, 5.74) is 6.59. The number of nitrogen functional groups attached to an aromatic ring is 1. The Balaban J connectivity index is 2.91. The molecule has 6 nitrogen and oxygen atoms in total. The summed E-state index contributed by atoms with van der Waals surface area (Å²) in [6, 6.07) is 4.41. The zero-order valence-electron chi connectivity index (χ0n) is 8.94. The lowest BCUT2D eigenvalue weighted by atomic mass is 10.2. The van der Waals surface area contributed by atoms with Crippen LogP contribution >= 0.6 is 0 Å². The van der Waals surface area contributed by atoms with Crippen LogP contribution in [0.3, 0.4) is 0 Å². The second-order valence-electron chi connectivity index (χ2n) is 2.91. The first-order chi connectivity index (χ1) is 7.58. The van der Waals surface area contributed by atoms with Crippen molar-refractivity contribution in [2.75, 3.05) is 25.3 Å². The molecular weight excluding hydrogens is 212 g/mol. The molecule has 0 heterocycles. The van der Waals surface area contributed by atoms with Crippen LogP contribution in [0.4, 0.5) is 16.2 Å². The molecule has 0 unspecified atom stereocenters. The number of anilines is 2. The lowest BCUT2D eigenvalue weighted by molar-refractivity contribution is 0.0601. The van der Waals surface area contributed by atoms with Crippen LogP contribution in [-0.4, -0.2) is 26.3 Å². The van der Waals surface area contributed by atoms with Crippen LogP contribution in [-0.2, 0) is 9.47 Å². The van der Waals surface area contributed by atoms with E-state index in [4.69, 9.17) is 5.73 Å². The van der Waals surface area contributed by atoms with E-state index in [1.54, 1.807) is 0 Å². The number of hydrogen-bond donors (Lipinski definition) is 2. The van der Waals surface area contributed by atoms with Crippen LogP contribution in [0.5, 0.6) is 0 Å². The number of ether oxygens (including phenoxy) is 2. The summed E-state index contributed by atoms with van der Waals surface area (Å²) in [4.78, 5) is 22.1. The molecule has 0 bridgehead atoms. The average molecular weight is 224 g/mol. The van der Waals surface area contributed by atoms with Gasteiger partial charge in [-0.1, -0.05) is 0 Å². The highest BCUT2D eigenvalue weighted by atomic mass is 16.5. The van der Waals surface area contributed by atoms with Crippen LogP contribution in [0.15, 0.2) is 18.2 Å². The van der Waals surface area contributed by atoms with Crippen LogP contribution < -0.4 is 11.1 Å². The number of hydrogen-bond acceptors (Lipinski definition) is 5. The average Bonchev–Trinajstić information content (AvgIpc) is 2.30. The normalized spacial score (nSPS) is 9.38. The third-order valence-electron chi connectivity index (χ3n) is 1.89. The number of amides is 1. The van der Waals surface area contributed by atoms with E-state index >= 15 is 0 Å². The predicted molar refractivity (Wildman–Crippen MR) is 58.2 cm³/mol. The molecule has 86 valence electrons. The maximum Gasteiger partial charge on any atom is 0.411 e. The third-order valence-corrected chi connectivity index (χ3v) is 1.89. The van der Waals surface area contributed by atoms with Gasteiger partial charge in [-0.15, -0.1) is 0 Å². The smallest absolute Gasteiger partial charge is 0.411 e. The zero-order valence-corrected chi connectivity index (χ0v) is 8.94. The third kappa shape index (κ3) is 2.63. The molecule has 0 aliphatic rings. The summed E-state index contributed by atoms with van der Waals surface area (Å²) in [6.07, 6.45) is -0.627. The highest BCUT2D eigenvalue weighted by molar-refractivity contribution is 5.94. The minimum absolute atomic E-state index is 0.258. The van der Waals surface area contributed by atoms with Gasteiger partial charge in [-0.05, 0) is 18.2 Å². The summed E-state index contributed by atoms with van der Waals surface area (Å²) in [7, 11) is 2.52. The topological polar surface area (TPSA) is 90.6 Å². The summed E-state index contributed by atoms with van der Waals surface area (Å²) < 4.78 is 8.94. The van der Waals surface area contributed by atoms with Crippen molar-refractivity contribution in [3.05, 3.63) is 23.8 Å². The van der Waals surface area contributed by atoms with Crippen molar-refractivity contribution in [2.45, 2.75) is 0 Å². The van der Waals surface area contributed by atoms with Crippen molar-refractivity contribution in [1.29, 1.82) is 0 Å². The monoisotopic (exact) mass is 224 g/mol. The fourth-order valence-electron chi connectivity index (χ4n) is 1.08. The molecule has 0 saturated carbocycles. The minimum atomic E-state index is -0.627. The molecular formula is C10H12N2O4. The van der Waals surface area contributed by atoms with Gasteiger partial charge in [0.1, 0.15) is 0 Å². The van der Waals surface area contributed by atoms with Gasteiger partial charge < -0.3 is 15.2 Å². The van der Waals surface area contributed by atoms with E-state index in [1.165, 1.54) is 32.4 Å². The molecule has 0 fully saturated rings. The Bertz CT molecular complexity index is 417. The Morgan fingerprint density at radius 1 is 1.25 bits per heavy atom. The van der Waals surface area contributed by atoms with Gasteiger partial charge in [0.05, 0.1) is 31.2 Å². The molecule has 0 aromatic heterocycles. The van der Waals surface area contributed by atoms with Gasteiger partial charge in [-0.25, -0.2) is 9.59 Å². The highest BCUT2D eigenvalue weighted by Gasteiger charge is 2.09. The Morgan fingerprint density at radius 3 is 2.44 bits per heavy atom. The van der Waals surface area contributed by atoms with E-state index in [2.05, 4.69) is 14.8 Å². The lowest BCUT2D eigenvalue weighted by Crippen LogP contribution is -2.13. The molecule has 16 heavy (non-hydrogen) atoms. The van der Waals surface area contributed by atoms with Crippen molar-refractivity contribution >= 4 is 23.4 Å². The number of benzene rings is 1. The Morgan fingerprint density at radius 2 is 1.94 bits per heavy atom. The number of methoxy groups -OCH3 is 2. The number of carbonyl (C=O) groups excluding carboxylic acids is 2. The van der Waals surface area contributed by atoms with Gasteiger partial charge >= 0.3 is 12.1 Å². The molecule has 0 aliphatic carbocycles. The maximum atomic E-state index is 11.2. The standard InChI is InChI=1S/C10H12N2O4/c1-15-9(13)6-3-4-8(7(11)5-6)12-10(14)16-2/h3-5H,11H2,1-2H3,(H,12,14). The number of esters is 1. The van der Waals surface area contributed by atoms with Gasteiger partial charge in [0.2, 0.25) is 0 Å². The van der Waals surface area contributed by atoms with Crippen molar-refractivity contribution in [3.63, 3.8) is 0 Å². The van der Waals surface area contributed by atoms with E-state index in [0.717, 1.165) is 0 Å². The maximum absolute atomic E-state index is 11.2. The van der Waals surface area contributed by atoms with Crippen molar-refractivity contribution in [3.8, 4) is 0 Å². The SMILES string of the molecule is COC(=O)Nc1ccc(C(=O)OC)cc1N. The van der Waals surface area contributed by atoms with Gasteiger partial charge in [0, 0.05) is 0 Å². The Hall–Kier alpha value is -2.24. The van der Waals surface area contributed by atoms with Gasteiger partial charge in [0.25, 0.3) is 0 Å². The molecule has 0 atom stereocenters. The van der Waals surface area contributed by atoms with Crippen LogP contribution in [0.2, 0.25) is 0 Å². The van der Waals surface area contributed by atoms with Gasteiger partial charge in [-0.2, -0.15) is 0 Å². The molecule has 0 radical (unpaired) electrons. The number of nitrogens with two attached hydrogens (primary N) is 1. The van der Waals surface area contributed by atoms with E-state index < -0.39 is 12.1 Å². The molecule has 1 rings (SSSR count). The second kappa shape index (κ2) is 5.01. The molecule has 1 aromatic carbocycles. The van der Waals surface area contributed by atoms with Gasteiger partial charge in [-0.3, -0.25) is 5.32 Å². The van der Waals surface area contributed by atoms with Crippen molar-refractivity contribution in [2.24, 2.45) is 0 Å². The lowest BCUT2D eigenvalue weighted by Gasteiger charge is -2.08. The molecule has 6 heteroatoms. The quantitative estimate of drug-likeness (QED) is 0.582. The van der Waals surface area contributed by atoms with Crippen LogP contribution in [0.1, 0.15) is 10.4 Å². The summed E-state index contributed by atoms with van der Waals surface area (Å²) in [5, 5.41) is 2.41. The molecule has 0 spiro atoms. The molecule has 3 N–H and O–H groups in total. The van der Waals surface area contributed by atoms with Crippen LogP contribution in [0.25, 0.3) is 0 Å². The van der Waals surface area contributed by atoms with Crippen LogP contribution in [0, 0.1) is 0 Å². The minimum Gasteiger partial charge on any atom is -0.465 e. The fourth-order valence-corrected chi connectivity index (χ4v) is 1.08. The first-order valence-electron chi connectivity index (χ1n) is 4.41. The second-order valence-corrected chi connectivity index (χ2v) is 2.91. The van der Waals surface area contributed by atoms with Crippen molar-refractivity contribution in [1.82, 2.24) is 0 Å². The van der Waals surface area contributed by atoms with E-state index in [9.17, 15) is 9.59 Å². The van der Waals surface area contributed by atoms with E-state index in [1.807, 2.05) is 0 Å². The molecule has 0 aliphatic heterocycles. The Kier molecular flexibility index (Phi) is 3.71. The Labute approximate surface area is 92.3 Å². The zero-order chi connectivity index (χ0) is 12.1. The fraction of sp³-hybridized carbons (Fsp3) is 0.200. The number of rotatable bonds is 2. The first-order valence-corrected chi connectivity index (χ1v) is 4.41. The highest BCUT2D eigenvalue weighted by Crippen LogP contribution is 2.20. The van der Waals surface area contributed by atoms with Crippen molar-refractivity contribution < 1.29 is 19.1 Å². The first kappa shape index (κ1) is 11.8. The molecule has 1 amide bonds. The number of nitrogens with one attached hydrogen (secondary N) is 1. The molecule has 1 aromatic rings. The largest absolute Gasteiger partial charge is 0.465 e. The van der Waals surface area contributed by atoms with E-state index in [-0.39, 0.29) is 5.69 Å². The van der Waals surface area contributed by atoms with Gasteiger partial charge in [0.15, 0.2) is 0 Å². The number of carbonyl (C=O) groups is 2.